The van der Waals surface area contributed by atoms with Gasteiger partial charge in [-0.15, -0.1) is 0 Å². The largest absolute Gasteiger partial charge is 0.356 e. The van der Waals surface area contributed by atoms with E-state index in [1.165, 1.54) is 0 Å². The Morgan fingerprint density at radius 1 is 0.958 bits per heavy atom. The Bertz CT molecular complexity index is 372. The number of likely N-dealkylation sites (tertiary alicyclic amines) is 1. The van der Waals surface area contributed by atoms with Crippen molar-refractivity contribution in [1.82, 2.24) is 10.2 Å². The molecule has 0 atom stereocenters. The van der Waals surface area contributed by atoms with Crippen molar-refractivity contribution in [1.29, 1.82) is 0 Å². The first-order valence-electron chi connectivity index (χ1n) is 9.96. The van der Waals surface area contributed by atoms with Crippen molar-refractivity contribution in [3.05, 3.63) is 0 Å². The third-order valence-electron chi connectivity index (χ3n) is 5.17. The lowest BCUT2D eigenvalue weighted by atomic mass is 9.95. The number of carbonyl (C=O) groups excluding carboxylic acids is 2. The molecule has 1 N–H and O–H groups in total. The van der Waals surface area contributed by atoms with E-state index in [4.69, 9.17) is 0 Å². The van der Waals surface area contributed by atoms with Crippen molar-refractivity contribution in [2.45, 2.75) is 85.1 Å². The Morgan fingerprint density at radius 2 is 1.54 bits per heavy atom. The van der Waals surface area contributed by atoms with E-state index >= 15 is 0 Å². The van der Waals surface area contributed by atoms with Crippen LogP contribution in [0, 0.1) is 11.8 Å². The van der Waals surface area contributed by atoms with Crippen LogP contribution in [0.2, 0.25) is 0 Å². The van der Waals surface area contributed by atoms with E-state index in [0.29, 0.717) is 11.8 Å². The quantitative estimate of drug-likeness (QED) is 0.583. The van der Waals surface area contributed by atoms with Gasteiger partial charge in [0.15, 0.2) is 0 Å². The number of carbonyl (C=O) groups is 2. The van der Waals surface area contributed by atoms with Gasteiger partial charge >= 0.3 is 0 Å². The van der Waals surface area contributed by atoms with Gasteiger partial charge in [0.05, 0.1) is 0 Å². The molecule has 0 bridgehead atoms. The Kier molecular flexibility index (Phi) is 10.2. The highest BCUT2D eigenvalue weighted by atomic mass is 16.2. The lowest BCUT2D eigenvalue weighted by molar-refractivity contribution is -0.126. The van der Waals surface area contributed by atoms with Crippen LogP contribution in [0.25, 0.3) is 0 Å². The van der Waals surface area contributed by atoms with Crippen LogP contribution in [-0.4, -0.2) is 42.3 Å². The van der Waals surface area contributed by atoms with Gasteiger partial charge in [0.1, 0.15) is 5.78 Å². The van der Waals surface area contributed by atoms with E-state index in [0.717, 1.165) is 71.0 Å². The van der Waals surface area contributed by atoms with E-state index in [9.17, 15) is 9.59 Å². The van der Waals surface area contributed by atoms with Gasteiger partial charge in [0.2, 0.25) is 5.91 Å². The van der Waals surface area contributed by atoms with Crippen LogP contribution in [0.5, 0.6) is 0 Å². The number of nitrogens with zero attached hydrogens (tertiary/aromatic N) is 1. The number of Topliss-reactive ketones (excluding diaryl/α,β-unsaturated/α-hetero) is 1. The molecule has 4 heteroatoms. The highest BCUT2D eigenvalue weighted by Crippen LogP contribution is 2.19. The van der Waals surface area contributed by atoms with Gasteiger partial charge in [-0.3, -0.25) is 9.59 Å². The normalized spacial score (nSPS) is 16.8. The summed E-state index contributed by atoms with van der Waals surface area (Å²) in [7, 11) is 0. The molecule has 4 nitrogen and oxygen atoms in total. The zero-order valence-corrected chi connectivity index (χ0v) is 16.3. The van der Waals surface area contributed by atoms with Crippen LogP contribution in [-0.2, 0) is 9.59 Å². The maximum absolute atomic E-state index is 12.2. The number of hydrogen-bond donors (Lipinski definition) is 1. The Hall–Kier alpha value is -0.900. The maximum Gasteiger partial charge on any atom is 0.223 e. The van der Waals surface area contributed by atoms with Gasteiger partial charge < -0.3 is 10.2 Å². The van der Waals surface area contributed by atoms with Crippen LogP contribution in [0.1, 0.15) is 79.1 Å². The second kappa shape index (κ2) is 11.6. The standard InChI is InChI=1S/C20H38N2O2/c1-16(2)19(23)10-8-6-5-7-9-13-21-20(24)18-11-14-22(15-12-18)17(3)4/h16-18H,5-15H2,1-4H3,(H,21,24). The molecule has 0 aliphatic carbocycles. The average molecular weight is 339 g/mol. The van der Waals surface area contributed by atoms with Crippen molar-refractivity contribution in [3.8, 4) is 0 Å². The summed E-state index contributed by atoms with van der Waals surface area (Å²) in [5.41, 5.74) is 0. The summed E-state index contributed by atoms with van der Waals surface area (Å²) in [5.74, 6) is 1.02. The van der Waals surface area contributed by atoms with Crippen molar-refractivity contribution in [3.63, 3.8) is 0 Å². The molecule has 0 aromatic carbocycles. The Morgan fingerprint density at radius 3 is 2.12 bits per heavy atom. The number of ketones is 1. The molecule has 1 aliphatic heterocycles. The fourth-order valence-electron chi connectivity index (χ4n) is 3.28. The molecule has 0 unspecified atom stereocenters. The molecule has 1 aliphatic rings. The molecule has 1 heterocycles. The van der Waals surface area contributed by atoms with E-state index in [1.54, 1.807) is 0 Å². The smallest absolute Gasteiger partial charge is 0.223 e. The predicted molar refractivity (Wildman–Crippen MR) is 100.0 cm³/mol. The maximum atomic E-state index is 12.2. The van der Waals surface area contributed by atoms with E-state index in [2.05, 4.69) is 24.1 Å². The van der Waals surface area contributed by atoms with Crippen LogP contribution in [0.3, 0.4) is 0 Å². The predicted octanol–water partition coefficient (Wildman–Crippen LogP) is 3.79. The van der Waals surface area contributed by atoms with Gasteiger partial charge in [-0.05, 0) is 52.6 Å². The van der Waals surface area contributed by atoms with Crippen molar-refractivity contribution in [2.24, 2.45) is 11.8 Å². The number of piperidine rings is 1. The SMILES string of the molecule is CC(C)C(=O)CCCCCCCNC(=O)C1CCN(C(C)C)CC1. The molecule has 1 saturated heterocycles. The van der Waals surface area contributed by atoms with E-state index < -0.39 is 0 Å². The van der Waals surface area contributed by atoms with E-state index in [-0.39, 0.29) is 17.7 Å². The molecular weight excluding hydrogens is 300 g/mol. The van der Waals surface area contributed by atoms with Gasteiger partial charge in [-0.2, -0.15) is 0 Å². The number of unbranched alkanes of at least 4 members (excludes halogenated alkanes) is 4. The van der Waals surface area contributed by atoms with Crippen LogP contribution in [0.4, 0.5) is 0 Å². The minimum absolute atomic E-state index is 0.174. The molecule has 24 heavy (non-hydrogen) atoms. The van der Waals surface area contributed by atoms with Crippen LogP contribution < -0.4 is 5.32 Å². The summed E-state index contributed by atoms with van der Waals surface area (Å²) < 4.78 is 0. The summed E-state index contributed by atoms with van der Waals surface area (Å²) in [6.45, 7) is 11.3. The summed E-state index contributed by atoms with van der Waals surface area (Å²) in [6, 6.07) is 0.588. The molecule has 0 radical (unpaired) electrons. The zero-order valence-electron chi connectivity index (χ0n) is 16.3. The molecular formula is C20H38N2O2. The lowest BCUT2D eigenvalue weighted by Gasteiger charge is -2.33. The topological polar surface area (TPSA) is 49.4 Å². The molecule has 0 spiro atoms. The fraction of sp³-hybridized carbons (Fsp3) is 0.900. The molecule has 0 aromatic rings. The minimum Gasteiger partial charge on any atom is -0.356 e. The van der Waals surface area contributed by atoms with Gasteiger partial charge in [-0.1, -0.05) is 33.1 Å². The highest BCUT2D eigenvalue weighted by molar-refractivity contribution is 5.80. The third-order valence-corrected chi connectivity index (χ3v) is 5.17. The first-order chi connectivity index (χ1) is 11.4. The fourth-order valence-corrected chi connectivity index (χ4v) is 3.28. The van der Waals surface area contributed by atoms with Gasteiger partial charge in [-0.25, -0.2) is 0 Å². The Balaban J connectivity index is 1.98. The van der Waals surface area contributed by atoms with Gasteiger partial charge in [0.25, 0.3) is 0 Å². The molecule has 1 fully saturated rings. The van der Waals surface area contributed by atoms with Crippen molar-refractivity contribution in [2.75, 3.05) is 19.6 Å². The molecule has 0 saturated carbocycles. The third kappa shape index (κ3) is 8.27. The second-order valence-electron chi connectivity index (χ2n) is 7.83. The molecule has 1 rings (SSSR count). The highest BCUT2D eigenvalue weighted by Gasteiger charge is 2.25. The number of nitrogens with one attached hydrogen (secondary N) is 1. The lowest BCUT2D eigenvalue weighted by Crippen LogP contribution is -2.43. The Labute approximate surface area is 148 Å². The van der Waals surface area contributed by atoms with Crippen molar-refractivity contribution < 1.29 is 9.59 Å². The summed E-state index contributed by atoms with van der Waals surface area (Å²) in [4.78, 5) is 26.1. The number of hydrogen-bond acceptors (Lipinski definition) is 3. The minimum atomic E-state index is 0.174. The summed E-state index contributed by atoms with van der Waals surface area (Å²) in [5, 5.41) is 3.11. The monoisotopic (exact) mass is 338 g/mol. The first kappa shape index (κ1) is 21.1. The molecule has 1 amide bonds. The zero-order chi connectivity index (χ0) is 17.9. The van der Waals surface area contributed by atoms with Gasteiger partial charge in [0, 0.05) is 30.8 Å². The average Bonchev–Trinajstić information content (AvgIpc) is 2.56. The summed E-state index contributed by atoms with van der Waals surface area (Å²) >= 11 is 0. The summed E-state index contributed by atoms with van der Waals surface area (Å²) in [6.07, 6.45) is 8.20. The second-order valence-corrected chi connectivity index (χ2v) is 7.83. The van der Waals surface area contributed by atoms with Crippen LogP contribution in [0.15, 0.2) is 0 Å². The molecule has 0 aromatic heterocycles. The molecule has 140 valence electrons. The number of rotatable bonds is 11. The number of amides is 1. The van der Waals surface area contributed by atoms with Crippen LogP contribution >= 0.6 is 0 Å². The van der Waals surface area contributed by atoms with Crippen molar-refractivity contribution >= 4 is 11.7 Å². The van der Waals surface area contributed by atoms with E-state index in [1.807, 2.05) is 13.8 Å². The first-order valence-corrected chi connectivity index (χ1v) is 9.96.